The van der Waals surface area contributed by atoms with E-state index in [0.717, 1.165) is 16.0 Å². The number of allylic oxidation sites excluding steroid dienone is 3. The van der Waals surface area contributed by atoms with Crippen molar-refractivity contribution in [1.29, 1.82) is 0 Å². The molecule has 2 fully saturated rings. The number of nitrogens with one attached hydrogen (secondary N) is 1. The fraction of sp³-hybridized carbons (Fsp3) is 0.512. The second kappa shape index (κ2) is 18.9. The number of hydrogen-bond donors (Lipinski definition) is 2. The number of epoxide rings is 1. The zero-order valence-electron chi connectivity index (χ0n) is 33.5. The van der Waals surface area contributed by atoms with E-state index in [1.807, 2.05) is 43.3 Å². The standard InChI is InChI=1S/C41H52ClN3O10S2/c1-24-13-12-16-32(52-8)41(50)23-31(53-39(49)43-41)25(2)37-40(4,55-37)33(22-35(47)45(6)29-20-27(19-24)21-30(51-7)36(29)42)54-38(48)26(3)44(5)34(46)17-18-56-57-28-14-10-9-11-15-28/h9-16,20-21,25-26,31-33,37,50H,17-19,22-23H2,1-8H3,(H,43,49)/b16-12+,24-13-/t25-,26-,31+,32-,33+,37+,40+,41+/m1/s1. The molecule has 0 radical (unpaired) electrons. The van der Waals surface area contributed by atoms with Crippen LogP contribution in [0.4, 0.5) is 10.5 Å². The quantitative estimate of drug-likeness (QED) is 0.119. The smallest absolute Gasteiger partial charge is 0.409 e. The van der Waals surface area contributed by atoms with Gasteiger partial charge in [0.1, 0.15) is 40.7 Å². The van der Waals surface area contributed by atoms with Crippen LogP contribution in [-0.2, 0) is 39.8 Å². The largest absolute Gasteiger partial charge is 0.495 e. The summed E-state index contributed by atoms with van der Waals surface area (Å²) in [6, 6.07) is 12.4. The van der Waals surface area contributed by atoms with E-state index >= 15 is 0 Å². The van der Waals surface area contributed by atoms with E-state index in [9.17, 15) is 24.3 Å². The summed E-state index contributed by atoms with van der Waals surface area (Å²) in [4.78, 5) is 58.0. The first-order valence-electron chi connectivity index (χ1n) is 18.7. The number of halogens is 1. The van der Waals surface area contributed by atoms with Crippen molar-refractivity contribution in [3.8, 4) is 5.75 Å². The molecular formula is C41H52ClN3O10S2. The molecule has 2 saturated heterocycles. The van der Waals surface area contributed by atoms with Gasteiger partial charge in [-0.05, 0) is 57.0 Å². The monoisotopic (exact) mass is 845 g/mol. The number of hydrogen-bond acceptors (Lipinski definition) is 12. The van der Waals surface area contributed by atoms with Gasteiger partial charge in [0, 0.05) is 50.6 Å². The Labute approximate surface area is 347 Å². The van der Waals surface area contributed by atoms with Crippen LogP contribution in [0.2, 0.25) is 5.02 Å². The van der Waals surface area contributed by atoms with Gasteiger partial charge in [0.05, 0.1) is 25.3 Å². The fourth-order valence-electron chi connectivity index (χ4n) is 7.11. The summed E-state index contributed by atoms with van der Waals surface area (Å²) in [5.41, 5.74) is -0.922. The topological polar surface area (TPSA) is 156 Å². The number of carbonyl (C=O) groups excluding carboxylic acids is 4. The molecule has 2 N–H and O–H groups in total. The molecule has 0 unspecified atom stereocenters. The molecule has 5 rings (SSSR count). The summed E-state index contributed by atoms with van der Waals surface area (Å²) < 4.78 is 29.3. The van der Waals surface area contributed by atoms with Gasteiger partial charge in [-0.2, -0.15) is 0 Å². The number of rotatable bonds is 10. The van der Waals surface area contributed by atoms with Crippen molar-refractivity contribution < 1.29 is 48.0 Å². The highest BCUT2D eigenvalue weighted by Crippen LogP contribution is 2.49. The molecule has 3 aliphatic rings. The summed E-state index contributed by atoms with van der Waals surface area (Å²) in [5.74, 6) is -1.02. The molecule has 4 bridgehead atoms. The third-order valence-corrected chi connectivity index (χ3v) is 13.6. The molecule has 8 atom stereocenters. The summed E-state index contributed by atoms with van der Waals surface area (Å²) in [7, 11) is 9.17. The number of benzene rings is 2. The van der Waals surface area contributed by atoms with Crippen molar-refractivity contribution in [2.24, 2.45) is 5.92 Å². The number of esters is 1. The van der Waals surface area contributed by atoms with E-state index in [1.165, 1.54) is 24.0 Å². The minimum Gasteiger partial charge on any atom is -0.495 e. The SMILES string of the molecule is COc1cc2cc(c1Cl)N(C)C(=O)C[C@H](OC(=O)[C@@H](C)N(C)C(=O)CCSSc1ccccc1)[C@]1(C)O[C@H]1[C@H](C)[C@@H]1C[C@@](O)(NC(=O)O1)[C@H](OC)/C=C/C=C(/C)C2. The predicted molar refractivity (Wildman–Crippen MR) is 220 cm³/mol. The molecule has 0 saturated carbocycles. The number of fused-ring (bicyclic) bond motifs is 5. The van der Waals surface area contributed by atoms with Crippen LogP contribution in [0.25, 0.3) is 0 Å². The van der Waals surface area contributed by atoms with Gasteiger partial charge in [-0.3, -0.25) is 14.9 Å². The number of likely N-dealkylation sites (N-methyl/N-ethyl adjacent to an activating group) is 1. The Morgan fingerprint density at radius 1 is 1.19 bits per heavy atom. The van der Waals surface area contributed by atoms with Crippen LogP contribution in [0.5, 0.6) is 5.75 Å². The highest BCUT2D eigenvalue weighted by Gasteiger charge is 2.64. The number of anilines is 1. The Balaban J connectivity index is 1.43. The Morgan fingerprint density at radius 3 is 2.60 bits per heavy atom. The van der Waals surface area contributed by atoms with E-state index in [1.54, 1.807) is 80.7 Å². The van der Waals surface area contributed by atoms with Crippen LogP contribution in [0.3, 0.4) is 0 Å². The highest BCUT2D eigenvalue weighted by molar-refractivity contribution is 8.76. The minimum atomic E-state index is -1.83. The average molecular weight is 846 g/mol. The maximum absolute atomic E-state index is 14.2. The predicted octanol–water partition coefficient (Wildman–Crippen LogP) is 6.35. The summed E-state index contributed by atoms with van der Waals surface area (Å²) in [5, 5.41) is 14.5. The molecule has 2 aromatic rings. The van der Waals surface area contributed by atoms with Gasteiger partial charge >= 0.3 is 12.1 Å². The summed E-state index contributed by atoms with van der Waals surface area (Å²) in [6.45, 7) is 7.03. The molecule has 0 aromatic heterocycles. The van der Waals surface area contributed by atoms with Crippen molar-refractivity contribution in [1.82, 2.24) is 10.2 Å². The van der Waals surface area contributed by atoms with Crippen molar-refractivity contribution in [2.45, 2.75) is 100 Å². The zero-order valence-corrected chi connectivity index (χ0v) is 35.9. The van der Waals surface area contributed by atoms with Crippen LogP contribution < -0.4 is 15.0 Å². The lowest BCUT2D eigenvalue weighted by atomic mass is 9.83. The first kappa shape index (κ1) is 44.4. The Hall–Kier alpha value is -3.73. The number of carbonyl (C=O) groups is 4. The zero-order chi connectivity index (χ0) is 41.7. The molecule has 3 amide bonds. The lowest BCUT2D eigenvalue weighted by Gasteiger charge is -2.42. The van der Waals surface area contributed by atoms with Gasteiger partial charge in [0.2, 0.25) is 11.8 Å². The first-order valence-corrected chi connectivity index (χ1v) is 21.4. The van der Waals surface area contributed by atoms with Crippen molar-refractivity contribution in [3.05, 3.63) is 76.9 Å². The first-order chi connectivity index (χ1) is 27.0. The van der Waals surface area contributed by atoms with Crippen LogP contribution in [-0.4, -0.2) is 110 Å². The molecule has 57 heavy (non-hydrogen) atoms. The Morgan fingerprint density at radius 2 is 1.91 bits per heavy atom. The summed E-state index contributed by atoms with van der Waals surface area (Å²) >= 11 is 6.78. The number of amides is 3. The number of ether oxygens (including phenoxy) is 5. The molecule has 2 aromatic carbocycles. The molecule has 0 spiro atoms. The Kier molecular flexibility index (Phi) is 14.7. The van der Waals surface area contributed by atoms with Gasteiger partial charge in [-0.25, -0.2) is 9.59 Å². The molecule has 16 heteroatoms. The van der Waals surface area contributed by atoms with E-state index in [0.29, 0.717) is 23.6 Å². The van der Waals surface area contributed by atoms with Crippen LogP contribution in [0, 0.1) is 5.92 Å². The van der Waals surface area contributed by atoms with Gasteiger partial charge in [-0.1, -0.05) is 82.1 Å². The number of aliphatic hydroxyl groups is 1. The molecule has 0 aliphatic carbocycles. The second-order valence-corrected chi connectivity index (χ2v) is 17.7. The summed E-state index contributed by atoms with van der Waals surface area (Å²) in [6.07, 6.45) is 1.13. The second-order valence-electron chi connectivity index (χ2n) is 14.9. The van der Waals surface area contributed by atoms with Gasteiger partial charge in [0.25, 0.3) is 0 Å². The molecular weight excluding hydrogens is 794 g/mol. The Bertz CT molecular complexity index is 1870. The molecule has 13 nitrogen and oxygen atoms in total. The van der Waals surface area contributed by atoms with Crippen LogP contribution in [0.1, 0.15) is 52.5 Å². The van der Waals surface area contributed by atoms with Gasteiger partial charge in [0.15, 0.2) is 5.72 Å². The van der Waals surface area contributed by atoms with E-state index in [4.69, 9.17) is 35.3 Å². The number of methoxy groups -OCH3 is 2. The molecule has 310 valence electrons. The van der Waals surface area contributed by atoms with Gasteiger partial charge < -0.3 is 38.6 Å². The fourth-order valence-corrected chi connectivity index (χ4v) is 9.41. The van der Waals surface area contributed by atoms with E-state index in [2.05, 4.69) is 5.32 Å². The maximum Gasteiger partial charge on any atom is 0.409 e. The van der Waals surface area contributed by atoms with Crippen molar-refractivity contribution >= 4 is 62.8 Å². The van der Waals surface area contributed by atoms with Crippen molar-refractivity contribution in [3.63, 3.8) is 0 Å². The maximum atomic E-state index is 14.2. The number of alkyl carbamates (subject to hydrolysis) is 1. The minimum absolute atomic E-state index is 0.0519. The third kappa shape index (κ3) is 10.5. The van der Waals surface area contributed by atoms with Crippen LogP contribution in [0.15, 0.2) is 71.2 Å². The van der Waals surface area contributed by atoms with Gasteiger partial charge in [-0.15, -0.1) is 0 Å². The number of nitrogens with zero attached hydrogens (tertiary/aromatic N) is 2. The van der Waals surface area contributed by atoms with Crippen molar-refractivity contribution in [2.75, 3.05) is 39.0 Å². The molecule has 3 heterocycles. The van der Waals surface area contributed by atoms with E-state index < -0.39 is 65.7 Å². The lowest BCUT2D eigenvalue weighted by molar-refractivity contribution is -0.162. The highest BCUT2D eigenvalue weighted by atomic mass is 35.5. The molecule has 3 aliphatic heterocycles. The van der Waals surface area contributed by atoms with E-state index in [-0.39, 0.29) is 30.2 Å². The lowest BCUT2D eigenvalue weighted by Crippen LogP contribution is -2.63. The van der Waals surface area contributed by atoms with Crippen LogP contribution >= 0.6 is 33.2 Å². The third-order valence-electron chi connectivity index (χ3n) is 10.8. The average Bonchev–Trinajstić information content (AvgIpc) is 3.88. The normalized spacial score (nSPS) is 29.8.